The molecule has 1 heterocycles. The van der Waals surface area contributed by atoms with E-state index in [1.54, 1.807) is 19.1 Å². The lowest BCUT2D eigenvalue weighted by Crippen LogP contribution is -2.05. The number of hydrogen-bond acceptors (Lipinski definition) is 4. The van der Waals surface area contributed by atoms with Crippen LogP contribution in [0, 0.1) is 0 Å². The molecule has 3 rings (SSSR count). The lowest BCUT2D eigenvalue weighted by molar-refractivity contribution is 0.195. The van der Waals surface area contributed by atoms with Crippen LogP contribution in [0.3, 0.4) is 0 Å². The fraction of sp³-hybridized carbons (Fsp3) is 0.200. The molecule has 1 aromatic heterocycles. The van der Waals surface area contributed by atoms with Gasteiger partial charge >= 0.3 is 0 Å². The van der Waals surface area contributed by atoms with Crippen molar-refractivity contribution in [2.45, 2.75) is 19.4 Å². The molecular formula is C15H15N3O2. The normalized spacial score (nSPS) is 12.7. The van der Waals surface area contributed by atoms with E-state index >= 15 is 0 Å². The number of aromatic hydroxyl groups is 1. The van der Waals surface area contributed by atoms with Gasteiger partial charge in [0.1, 0.15) is 22.5 Å². The molecule has 5 heteroatoms. The first-order valence-electron chi connectivity index (χ1n) is 6.46. The maximum absolute atomic E-state index is 10.1. The van der Waals surface area contributed by atoms with Crippen molar-refractivity contribution in [2.24, 2.45) is 0 Å². The zero-order valence-corrected chi connectivity index (χ0v) is 11.1. The second kappa shape index (κ2) is 4.94. The molecule has 0 spiro atoms. The van der Waals surface area contributed by atoms with E-state index in [0.29, 0.717) is 12.1 Å². The quantitative estimate of drug-likeness (QED) is 0.763. The fourth-order valence-corrected chi connectivity index (χ4v) is 2.17. The van der Waals surface area contributed by atoms with Gasteiger partial charge in [0.15, 0.2) is 0 Å². The number of phenolic OH excluding ortho intramolecular Hbond substituents is 1. The number of aliphatic hydroxyl groups is 1. The maximum Gasteiger partial charge on any atom is 0.143 e. The third-order valence-corrected chi connectivity index (χ3v) is 3.07. The highest BCUT2D eigenvalue weighted by Crippen LogP contribution is 2.23. The van der Waals surface area contributed by atoms with Crippen LogP contribution in [-0.2, 0) is 6.42 Å². The summed E-state index contributed by atoms with van der Waals surface area (Å²) in [6.07, 6.45) is 0.0631. The molecule has 2 N–H and O–H groups in total. The summed E-state index contributed by atoms with van der Waals surface area (Å²) in [6, 6.07) is 12.8. The topological polar surface area (TPSA) is 71.2 Å². The molecule has 0 saturated carbocycles. The van der Waals surface area contributed by atoms with E-state index in [2.05, 4.69) is 10.2 Å². The van der Waals surface area contributed by atoms with Gasteiger partial charge in [-0.3, -0.25) is 0 Å². The SMILES string of the molecule is CC(O)Cc1ccc(-n2nc3ccccc3n2)c(O)c1. The molecule has 1 atom stereocenters. The van der Waals surface area contributed by atoms with Crippen LogP contribution in [0.2, 0.25) is 0 Å². The number of benzene rings is 2. The van der Waals surface area contributed by atoms with Gasteiger partial charge in [-0.15, -0.1) is 15.0 Å². The summed E-state index contributed by atoms with van der Waals surface area (Å²) in [7, 11) is 0. The number of aliphatic hydroxyl groups excluding tert-OH is 1. The summed E-state index contributed by atoms with van der Waals surface area (Å²) in [5.74, 6) is 0.100. The Bertz CT molecular complexity index is 717. The summed E-state index contributed by atoms with van der Waals surface area (Å²) in [5.41, 5.74) is 2.95. The summed E-state index contributed by atoms with van der Waals surface area (Å²) < 4.78 is 0. The average Bonchev–Trinajstić information content (AvgIpc) is 2.81. The Labute approximate surface area is 116 Å². The van der Waals surface area contributed by atoms with E-state index in [4.69, 9.17) is 0 Å². The molecule has 0 saturated heterocycles. The standard InChI is InChI=1S/C15H15N3O2/c1-10(19)8-11-6-7-14(15(20)9-11)18-16-12-4-2-3-5-13(12)17-18/h2-7,9-10,19-20H,8H2,1H3. The van der Waals surface area contributed by atoms with E-state index in [1.807, 2.05) is 30.3 Å². The second-order valence-electron chi connectivity index (χ2n) is 4.85. The lowest BCUT2D eigenvalue weighted by atomic mass is 10.1. The third-order valence-electron chi connectivity index (χ3n) is 3.07. The van der Waals surface area contributed by atoms with Crippen LogP contribution in [0.5, 0.6) is 5.75 Å². The second-order valence-corrected chi connectivity index (χ2v) is 4.85. The zero-order chi connectivity index (χ0) is 14.1. The summed E-state index contributed by atoms with van der Waals surface area (Å²) >= 11 is 0. The fourth-order valence-electron chi connectivity index (χ4n) is 2.17. The van der Waals surface area contributed by atoms with E-state index in [-0.39, 0.29) is 5.75 Å². The Balaban J connectivity index is 2.01. The largest absolute Gasteiger partial charge is 0.506 e. The van der Waals surface area contributed by atoms with Crippen LogP contribution in [0.1, 0.15) is 12.5 Å². The first-order chi connectivity index (χ1) is 9.63. The van der Waals surface area contributed by atoms with Crippen molar-refractivity contribution in [3.8, 4) is 11.4 Å². The smallest absolute Gasteiger partial charge is 0.143 e. The average molecular weight is 269 g/mol. The molecule has 3 aromatic rings. The van der Waals surface area contributed by atoms with Gasteiger partial charge in [0, 0.05) is 0 Å². The molecule has 20 heavy (non-hydrogen) atoms. The zero-order valence-electron chi connectivity index (χ0n) is 11.1. The van der Waals surface area contributed by atoms with E-state index in [1.165, 1.54) is 4.80 Å². The van der Waals surface area contributed by atoms with Crippen molar-refractivity contribution in [2.75, 3.05) is 0 Å². The minimum Gasteiger partial charge on any atom is -0.506 e. The Morgan fingerprint density at radius 2 is 1.75 bits per heavy atom. The van der Waals surface area contributed by atoms with Crippen molar-refractivity contribution >= 4 is 11.0 Å². The molecule has 102 valence electrons. The van der Waals surface area contributed by atoms with Crippen molar-refractivity contribution in [1.29, 1.82) is 0 Å². The van der Waals surface area contributed by atoms with Crippen LogP contribution < -0.4 is 0 Å². The third kappa shape index (κ3) is 2.35. The molecular weight excluding hydrogens is 254 g/mol. The van der Waals surface area contributed by atoms with E-state index < -0.39 is 6.10 Å². The predicted molar refractivity (Wildman–Crippen MR) is 75.9 cm³/mol. The summed E-state index contributed by atoms with van der Waals surface area (Å²) in [6.45, 7) is 1.72. The highest BCUT2D eigenvalue weighted by atomic mass is 16.3. The van der Waals surface area contributed by atoms with Crippen molar-refractivity contribution in [3.63, 3.8) is 0 Å². The van der Waals surface area contributed by atoms with Gasteiger partial charge in [-0.1, -0.05) is 18.2 Å². The molecule has 0 aliphatic heterocycles. The molecule has 0 amide bonds. The molecule has 0 fully saturated rings. The Morgan fingerprint density at radius 1 is 1.10 bits per heavy atom. The van der Waals surface area contributed by atoms with Crippen LogP contribution in [0.4, 0.5) is 0 Å². The van der Waals surface area contributed by atoms with Crippen LogP contribution >= 0.6 is 0 Å². The van der Waals surface area contributed by atoms with Gasteiger partial charge in [-0.05, 0) is 43.2 Å². The van der Waals surface area contributed by atoms with Gasteiger partial charge in [0.2, 0.25) is 0 Å². The predicted octanol–water partition coefficient (Wildman–Crippen LogP) is 2.05. The number of fused-ring (bicyclic) bond motifs is 1. The molecule has 0 radical (unpaired) electrons. The summed E-state index contributed by atoms with van der Waals surface area (Å²) in [4.78, 5) is 1.42. The van der Waals surface area contributed by atoms with Gasteiger partial charge in [-0.2, -0.15) is 0 Å². The number of nitrogens with zero attached hydrogens (tertiary/aromatic N) is 3. The molecule has 0 aliphatic carbocycles. The molecule has 5 nitrogen and oxygen atoms in total. The van der Waals surface area contributed by atoms with Crippen LogP contribution in [-0.4, -0.2) is 31.3 Å². The Morgan fingerprint density at radius 3 is 2.30 bits per heavy atom. The number of rotatable bonds is 3. The van der Waals surface area contributed by atoms with Crippen molar-refractivity contribution in [1.82, 2.24) is 15.0 Å². The van der Waals surface area contributed by atoms with Crippen LogP contribution in [0.25, 0.3) is 16.7 Å². The maximum atomic E-state index is 10.1. The van der Waals surface area contributed by atoms with Crippen LogP contribution in [0.15, 0.2) is 42.5 Å². The minimum absolute atomic E-state index is 0.100. The van der Waals surface area contributed by atoms with Gasteiger partial charge < -0.3 is 10.2 Å². The van der Waals surface area contributed by atoms with Gasteiger partial charge in [0.25, 0.3) is 0 Å². The van der Waals surface area contributed by atoms with E-state index in [9.17, 15) is 10.2 Å². The first-order valence-corrected chi connectivity index (χ1v) is 6.46. The monoisotopic (exact) mass is 269 g/mol. The Kier molecular flexibility index (Phi) is 3.12. The van der Waals surface area contributed by atoms with Gasteiger partial charge in [0.05, 0.1) is 6.10 Å². The first kappa shape index (κ1) is 12.6. The molecule has 1 unspecified atom stereocenters. The van der Waals surface area contributed by atoms with Crippen molar-refractivity contribution in [3.05, 3.63) is 48.0 Å². The van der Waals surface area contributed by atoms with E-state index in [0.717, 1.165) is 16.6 Å². The minimum atomic E-state index is -0.439. The number of phenols is 1. The number of aromatic nitrogens is 3. The van der Waals surface area contributed by atoms with Gasteiger partial charge in [-0.25, -0.2) is 0 Å². The Hall–Kier alpha value is -2.40. The highest BCUT2D eigenvalue weighted by Gasteiger charge is 2.10. The molecule has 0 aliphatic rings. The molecule has 2 aromatic carbocycles. The number of hydrogen-bond donors (Lipinski definition) is 2. The highest BCUT2D eigenvalue weighted by molar-refractivity contribution is 5.73. The van der Waals surface area contributed by atoms with Crippen molar-refractivity contribution < 1.29 is 10.2 Å². The lowest BCUT2D eigenvalue weighted by Gasteiger charge is -2.07. The molecule has 0 bridgehead atoms. The summed E-state index contributed by atoms with van der Waals surface area (Å²) in [5, 5.41) is 28.1.